The van der Waals surface area contributed by atoms with Crippen LogP contribution >= 0.6 is 22.6 Å². The zero-order valence-electron chi connectivity index (χ0n) is 6.50. The molecule has 1 aromatic rings. The minimum atomic E-state index is -0.450. The molecule has 0 fully saturated rings. The molecule has 0 amide bonds. The van der Waals surface area contributed by atoms with Crippen molar-refractivity contribution in [3.8, 4) is 9.85 Å². The predicted molar refractivity (Wildman–Crippen MR) is 57.8 cm³/mol. The van der Waals surface area contributed by atoms with Gasteiger partial charge in [-0.15, -0.1) is 0 Å². The molecule has 0 aromatic heterocycles. The molecule has 1 atom stereocenters. The highest BCUT2D eigenvalue weighted by atomic mass is 127. The first kappa shape index (κ1) is 9.56. The third-order valence-electron chi connectivity index (χ3n) is 1.55. The molecule has 0 saturated carbocycles. The van der Waals surface area contributed by atoms with Crippen molar-refractivity contribution in [2.24, 2.45) is 0 Å². The van der Waals surface area contributed by atoms with E-state index in [4.69, 9.17) is 0 Å². The fourth-order valence-corrected chi connectivity index (χ4v) is 1.15. The lowest BCUT2D eigenvalue weighted by molar-refractivity contribution is 0.184. The first-order chi connectivity index (χ1) is 5.84. The molecular formula is C10H9IO. The highest BCUT2D eigenvalue weighted by molar-refractivity contribution is 14.1. The summed E-state index contributed by atoms with van der Waals surface area (Å²) in [6.07, 6.45) is 0.0564. The average Bonchev–Trinajstić information content (AvgIpc) is 2.15. The lowest BCUT2D eigenvalue weighted by Gasteiger charge is -2.05. The van der Waals surface area contributed by atoms with Crippen LogP contribution in [-0.4, -0.2) is 5.11 Å². The molecule has 0 saturated heterocycles. The molecule has 0 aliphatic heterocycles. The van der Waals surface area contributed by atoms with Crippen molar-refractivity contribution < 1.29 is 5.11 Å². The Balaban J connectivity index is 2.63. The Morgan fingerprint density at radius 1 is 1.33 bits per heavy atom. The summed E-state index contributed by atoms with van der Waals surface area (Å²) in [7, 11) is 0. The number of hydrogen-bond donors (Lipinski definition) is 1. The summed E-state index contributed by atoms with van der Waals surface area (Å²) in [6.45, 7) is 0. The fourth-order valence-electron chi connectivity index (χ4n) is 0.928. The zero-order valence-corrected chi connectivity index (χ0v) is 8.65. The van der Waals surface area contributed by atoms with Crippen LogP contribution in [0.4, 0.5) is 0 Å². The fraction of sp³-hybridized carbons (Fsp3) is 0.200. The first-order valence-corrected chi connectivity index (χ1v) is 4.74. The molecule has 62 valence electrons. The molecule has 0 aliphatic rings. The van der Waals surface area contributed by atoms with Gasteiger partial charge in [0.05, 0.1) is 6.10 Å². The average molecular weight is 272 g/mol. The molecule has 2 heteroatoms. The maximum absolute atomic E-state index is 9.55. The van der Waals surface area contributed by atoms with E-state index >= 15 is 0 Å². The van der Waals surface area contributed by atoms with Crippen molar-refractivity contribution in [3.05, 3.63) is 35.9 Å². The Hall–Kier alpha value is -0.530. The second kappa shape index (κ2) is 5.18. The van der Waals surface area contributed by atoms with Gasteiger partial charge in [-0.1, -0.05) is 36.3 Å². The molecule has 0 heterocycles. The Labute approximate surface area is 85.9 Å². The zero-order chi connectivity index (χ0) is 8.81. The van der Waals surface area contributed by atoms with Crippen molar-refractivity contribution in [2.45, 2.75) is 12.5 Å². The van der Waals surface area contributed by atoms with E-state index in [9.17, 15) is 5.11 Å². The van der Waals surface area contributed by atoms with Crippen molar-refractivity contribution in [1.29, 1.82) is 0 Å². The number of halogens is 1. The van der Waals surface area contributed by atoms with E-state index in [0.717, 1.165) is 5.56 Å². The van der Waals surface area contributed by atoms with Gasteiger partial charge >= 0.3 is 0 Å². The summed E-state index contributed by atoms with van der Waals surface area (Å²) in [4.78, 5) is 0. The second-order valence-electron chi connectivity index (χ2n) is 2.40. The van der Waals surface area contributed by atoms with Crippen LogP contribution in [-0.2, 0) is 0 Å². The minimum absolute atomic E-state index is 0.450. The SMILES string of the molecule is OC(CC#CI)c1ccccc1. The molecule has 1 aromatic carbocycles. The Bertz CT molecular complexity index is 284. The van der Waals surface area contributed by atoms with Crippen LogP contribution in [0.3, 0.4) is 0 Å². The molecule has 1 N–H and O–H groups in total. The quantitative estimate of drug-likeness (QED) is 0.648. The highest BCUT2D eigenvalue weighted by Crippen LogP contribution is 2.14. The molecule has 1 unspecified atom stereocenters. The van der Waals surface area contributed by atoms with E-state index in [-0.39, 0.29) is 0 Å². The van der Waals surface area contributed by atoms with Gasteiger partial charge in [0.15, 0.2) is 0 Å². The van der Waals surface area contributed by atoms with Gasteiger partial charge in [-0.3, -0.25) is 0 Å². The summed E-state index contributed by atoms with van der Waals surface area (Å²) in [5.74, 6) is 2.83. The van der Waals surface area contributed by atoms with Gasteiger partial charge in [-0.25, -0.2) is 0 Å². The van der Waals surface area contributed by atoms with Gasteiger partial charge < -0.3 is 5.11 Å². The summed E-state index contributed by atoms with van der Waals surface area (Å²) in [5.41, 5.74) is 0.927. The van der Waals surface area contributed by atoms with E-state index in [2.05, 4.69) is 9.85 Å². The van der Waals surface area contributed by atoms with Gasteiger partial charge in [0, 0.05) is 29.0 Å². The van der Waals surface area contributed by atoms with Crippen molar-refractivity contribution in [1.82, 2.24) is 0 Å². The third kappa shape index (κ3) is 2.84. The number of aliphatic hydroxyl groups is 1. The molecule has 12 heavy (non-hydrogen) atoms. The first-order valence-electron chi connectivity index (χ1n) is 3.66. The number of benzene rings is 1. The smallest absolute Gasteiger partial charge is 0.0899 e. The number of hydrogen-bond acceptors (Lipinski definition) is 1. The van der Waals surface area contributed by atoms with Crippen molar-refractivity contribution in [3.63, 3.8) is 0 Å². The van der Waals surface area contributed by atoms with Gasteiger partial charge in [-0.05, 0) is 9.49 Å². The van der Waals surface area contributed by atoms with Crippen LogP contribution in [0, 0.1) is 9.85 Å². The van der Waals surface area contributed by atoms with Gasteiger partial charge in [0.2, 0.25) is 0 Å². The van der Waals surface area contributed by atoms with Gasteiger partial charge in [-0.2, -0.15) is 0 Å². The number of rotatable bonds is 2. The van der Waals surface area contributed by atoms with Crippen molar-refractivity contribution in [2.75, 3.05) is 0 Å². The van der Waals surface area contributed by atoms with E-state index in [0.29, 0.717) is 6.42 Å². The van der Waals surface area contributed by atoms with Crippen LogP contribution in [0.25, 0.3) is 0 Å². The summed E-state index contributed by atoms with van der Waals surface area (Å²) in [6, 6.07) is 9.56. The molecule has 1 nitrogen and oxygen atoms in total. The Morgan fingerprint density at radius 2 is 2.00 bits per heavy atom. The van der Waals surface area contributed by atoms with Gasteiger partial charge in [0.25, 0.3) is 0 Å². The largest absolute Gasteiger partial charge is 0.387 e. The highest BCUT2D eigenvalue weighted by Gasteiger charge is 2.02. The van der Waals surface area contributed by atoms with Crippen molar-refractivity contribution >= 4 is 22.6 Å². The summed E-state index contributed by atoms with van der Waals surface area (Å²) >= 11 is 1.97. The molecule has 0 aliphatic carbocycles. The molecule has 0 radical (unpaired) electrons. The summed E-state index contributed by atoms with van der Waals surface area (Å²) in [5, 5.41) is 9.55. The van der Waals surface area contributed by atoms with E-state index < -0.39 is 6.10 Å². The monoisotopic (exact) mass is 272 g/mol. The molecule has 0 spiro atoms. The van der Waals surface area contributed by atoms with Gasteiger partial charge in [0.1, 0.15) is 0 Å². The van der Waals surface area contributed by atoms with Crippen LogP contribution in [0.1, 0.15) is 18.1 Å². The lowest BCUT2D eigenvalue weighted by atomic mass is 10.1. The van der Waals surface area contributed by atoms with Crippen LogP contribution in [0.2, 0.25) is 0 Å². The van der Waals surface area contributed by atoms with Crippen LogP contribution in [0.5, 0.6) is 0 Å². The normalized spacial score (nSPS) is 11.5. The maximum Gasteiger partial charge on any atom is 0.0899 e. The third-order valence-corrected chi connectivity index (χ3v) is 1.93. The Kier molecular flexibility index (Phi) is 4.12. The predicted octanol–water partition coefficient (Wildman–Crippen LogP) is 2.51. The number of aliphatic hydroxyl groups excluding tert-OH is 1. The minimum Gasteiger partial charge on any atom is -0.387 e. The molecular weight excluding hydrogens is 263 g/mol. The molecule has 0 bridgehead atoms. The molecule has 1 rings (SSSR count). The van der Waals surface area contributed by atoms with Crippen LogP contribution in [0.15, 0.2) is 30.3 Å². The van der Waals surface area contributed by atoms with E-state index in [1.807, 2.05) is 52.9 Å². The Morgan fingerprint density at radius 3 is 2.58 bits per heavy atom. The lowest BCUT2D eigenvalue weighted by Crippen LogP contribution is -1.94. The van der Waals surface area contributed by atoms with E-state index in [1.165, 1.54) is 0 Å². The topological polar surface area (TPSA) is 20.2 Å². The van der Waals surface area contributed by atoms with Crippen LogP contribution < -0.4 is 0 Å². The summed E-state index contributed by atoms with van der Waals surface area (Å²) < 4.78 is 2.73. The maximum atomic E-state index is 9.55. The standard InChI is InChI=1S/C10H9IO/c11-8-4-7-10(12)9-5-2-1-3-6-9/h1-3,5-6,10,12H,7H2. The second-order valence-corrected chi connectivity index (χ2v) is 2.94. The van der Waals surface area contributed by atoms with E-state index in [1.54, 1.807) is 0 Å².